The van der Waals surface area contributed by atoms with Gasteiger partial charge in [-0.2, -0.15) is 4.98 Å². The molecule has 2 aliphatic rings. The molecule has 1 unspecified atom stereocenters. The molecule has 1 aromatic carbocycles. The topological polar surface area (TPSA) is 54.2 Å². The van der Waals surface area contributed by atoms with E-state index in [9.17, 15) is 4.39 Å². The molecule has 0 bridgehead atoms. The number of rotatable bonds is 3. The fourth-order valence-corrected chi connectivity index (χ4v) is 3.65. The molecule has 0 saturated carbocycles. The summed E-state index contributed by atoms with van der Waals surface area (Å²) < 4.78 is 18.4. The average molecular weight is 302 g/mol. The van der Waals surface area contributed by atoms with Crippen LogP contribution in [0.1, 0.15) is 25.2 Å². The predicted octanol–water partition coefficient (Wildman–Crippen LogP) is 2.20. The van der Waals surface area contributed by atoms with Gasteiger partial charge >= 0.3 is 0 Å². The third-order valence-corrected chi connectivity index (χ3v) is 4.86. The molecule has 1 atom stereocenters. The van der Waals surface area contributed by atoms with E-state index in [4.69, 9.17) is 4.52 Å². The first-order valence-corrected chi connectivity index (χ1v) is 7.80. The van der Waals surface area contributed by atoms with Gasteiger partial charge in [0.1, 0.15) is 5.82 Å². The van der Waals surface area contributed by atoms with Crippen molar-refractivity contribution in [1.29, 1.82) is 0 Å². The van der Waals surface area contributed by atoms with Gasteiger partial charge in [-0.25, -0.2) is 4.39 Å². The maximum absolute atomic E-state index is 13.0. The second kappa shape index (κ2) is 5.44. The van der Waals surface area contributed by atoms with Crippen molar-refractivity contribution < 1.29 is 8.91 Å². The lowest BCUT2D eigenvalue weighted by Gasteiger charge is -2.33. The normalized spacial score (nSPS) is 25.3. The molecular formula is C16H19FN4O. The van der Waals surface area contributed by atoms with E-state index in [2.05, 4.69) is 20.4 Å². The van der Waals surface area contributed by atoms with Crippen molar-refractivity contribution in [1.82, 2.24) is 20.4 Å². The zero-order valence-corrected chi connectivity index (χ0v) is 12.4. The number of nitrogens with zero attached hydrogens (tertiary/aromatic N) is 3. The standard InChI is InChI=1S/C16H19FN4O/c17-13-4-2-12(3-5-13)15-19-14(22-20-15)10-21-9-1-6-16(21)7-8-18-11-16/h2-5,18H,1,6-11H2. The SMILES string of the molecule is Fc1ccc(-c2noc(CN3CCCC34CCNC4)n2)cc1. The highest BCUT2D eigenvalue weighted by Crippen LogP contribution is 2.35. The van der Waals surface area contributed by atoms with E-state index in [1.165, 1.54) is 31.4 Å². The highest BCUT2D eigenvalue weighted by atomic mass is 19.1. The summed E-state index contributed by atoms with van der Waals surface area (Å²) in [6, 6.07) is 6.15. The van der Waals surface area contributed by atoms with E-state index in [0.717, 1.165) is 25.2 Å². The monoisotopic (exact) mass is 302 g/mol. The Hall–Kier alpha value is -1.79. The molecule has 1 N–H and O–H groups in total. The summed E-state index contributed by atoms with van der Waals surface area (Å²) in [4.78, 5) is 6.93. The van der Waals surface area contributed by atoms with Crippen LogP contribution in [-0.4, -0.2) is 40.2 Å². The maximum Gasteiger partial charge on any atom is 0.241 e. The van der Waals surface area contributed by atoms with Crippen LogP contribution in [0.2, 0.25) is 0 Å². The van der Waals surface area contributed by atoms with Gasteiger partial charge in [0.25, 0.3) is 0 Å². The molecule has 6 heteroatoms. The second-order valence-corrected chi connectivity index (χ2v) is 6.19. The lowest BCUT2D eigenvalue weighted by molar-refractivity contribution is 0.130. The molecule has 0 aliphatic carbocycles. The van der Waals surface area contributed by atoms with Crippen LogP contribution in [-0.2, 0) is 6.54 Å². The highest BCUT2D eigenvalue weighted by Gasteiger charge is 2.43. The van der Waals surface area contributed by atoms with E-state index in [1.54, 1.807) is 12.1 Å². The third-order valence-electron chi connectivity index (χ3n) is 4.86. The van der Waals surface area contributed by atoms with E-state index in [1.807, 2.05) is 0 Å². The fraction of sp³-hybridized carbons (Fsp3) is 0.500. The minimum Gasteiger partial charge on any atom is -0.338 e. The number of halogens is 1. The first-order chi connectivity index (χ1) is 10.8. The Morgan fingerprint density at radius 2 is 2.14 bits per heavy atom. The summed E-state index contributed by atoms with van der Waals surface area (Å²) in [5.74, 6) is 0.889. The van der Waals surface area contributed by atoms with E-state index in [-0.39, 0.29) is 11.4 Å². The van der Waals surface area contributed by atoms with Gasteiger partial charge in [-0.3, -0.25) is 4.90 Å². The van der Waals surface area contributed by atoms with Gasteiger partial charge in [0.15, 0.2) is 0 Å². The minimum absolute atomic E-state index is 0.264. The van der Waals surface area contributed by atoms with Crippen LogP contribution in [0.3, 0.4) is 0 Å². The van der Waals surface area contributed by atoms with Crippen molar-refractivity contribution in [3.8, 4) is 11.4 Å². The van der Waals surface area contributed by atoms with Crippen LogP contribution in [0.25, 0.3) is 11.4 Å². The molecule has 1 spiro atoms. The van der Waals surface area contributed by atoms with Crippen LogP contribution < -0.4 is 5.32 Å². The smallest absolute Gasteiger partial charge is 0.241 e. The zero-order chi connectivity index (χ0) is 15.0. The summed E-state index contributed by atoms with van der Waals surface area (Å²) in [6.07, 6.45) is 3.64. The second-order valence-electron chi connectivity index (χ2n) is 6.19. The number of aromatic nitrogens is 2. The first kappa shape index (κ1) is 13.8. The van der Waals surface area contributed by atoms with Crippen LogP contribution in [0, 0.1) is 5.82 Å². The Balaban J connectivity index is 1.51. The summed E-state index contributed by atoms with van der Waals surface area (Å²) >= 11 is 0. The Kier molecular flexibility index (Phi) is 3.43. The van der Waals surface area contributed by atoms with Crippen molar-refractivity contribution in [3.05, 3.63) is 36.0 Å². The van der Waals surface area contributed by atoms with E-state index >= 15 is 0 Å². The summed E-state index contributed by atoms with van der Waals surface area (Å²) in [6.45, 7) is 3.90. The maximum atomic E-state index is 13.0. The van der Waals surface area contributed by atoms with Crippen LogP contribution in [0.15, 0.2) is 28.8 Å². The molecule has 4 rings (SSSR count). The average Bonchev–Trinajstić information content (AvgIpc) is 3.25. The molecule has 2 aromatic rings. The van der Waals surface area contributed by atoms with Crippen molar-refractivity contribution in [3.63, 3.8) is 0 Å². The van der Waals surface area contributed by atoms with E-state index in [0.29, 0.717) is 18.3 Å². The van der Waals surface area contributed by atoms with Crippen LogP contribution >= 0.6 is 0 Å². The largest absolute Gasteiger partial charge is 0.338 e. The molecule has 1 aromatic heterocycles. The Morgan fingerprint density at radius 3 is 2.91 bits per heavy atom. The van der Waals surface area contributed by atoms with Crippen molar-refractivity contribution in [2.24, 2.45) is 0 Å². The first-order valence-electron chi connectivity index (χ1n) is 7.80. The number of likely N-dealkylation sites (tertiary alicyclic amines) is 1. The van der Waals surface area contributed by atoms with Gasteiger partial charge in [-0.05, 0) is 56.6 Å². The molecule has 3 heterocycles. The minimum atomic E-state index is -0.264. The highest BCUT2D eigenvalue weighted by molar-refractivity contribution is 5.53. The predicted molar refractivity (Wildman–Crippen MR) is 79.6 cm³/mol. The van der Waals surface area contributed by atoms with Crippen molar-refractivity contribution in [2.75, 3.05) is 19.6 Å². The van der Waals surface area contributed by atoms with Gasteiger partial charge in [-0.1, -0.05) is 5.16 Å². The van der Waals surface area contributed by atoms with Gasteiger partial charge in [0.05, 0.1) is 6.54 Å². The Labute approximate surface area is 128 Å². The number of benzene rings is 1. The molecule has 2 aliphatic heterocycles. The van der Waals surface area contributed by atoms with Gasteiger partial charge in [0, 0.05) is 17.6 Å². The quantitative estimate of drug-likeness (QED) is 0.942. The summed E-state index contributed by atoms with van der Waals surface area (Å²) in [5, 5.41) is 7.49. The van der Waals surface area contributed by atoms with Gasteiger partial charge in [-0.15, -0.1) is 0 Å². The number of hydrogen-bond donors (Lipinski definition) is 1. The fourth-order valence-electron chi connectivity index (χ4n) is 3.65. The Bertz CT molecular complexity index is 643. The van der Waals surface area contributed by atoms with Crippen LogP contribution in [0.4, 0.5) is 4.39 Å². The Morgan fingerprint density at radius 1 is 1.27 bits per heavy atom. The molecule has 0 radical (unpaired) electrons. The molecule has 116 valence electrons. The molecule has 22 heavy (non-hydrogen) atoms. The molecule has 5 nitrogen and oxygen atoms in total. The van der Waals surface area contributed by atoms with Crippen molar-refractivity contribution in [2.45, 2.75) is 31.3 Å². The summed E-state index contributed by atoms with van der Waals surface area (Å²) in [5.41, 5.74) is 1.04. The molecular weight excluding hydrogens is 283 g/mol. The van der Waals surface area contributed by atoms with Crippen molar-refractivity contribution >= 4 is 0 Å². The number of hydrogen-bond acceptors (Lipinski definition) is 5. The van der Waals surface area contributed by atoms with Gasteiger partial charge in [0.2, 0.25) is 11.7 Å². The number of nitrogens with one attached hydrogen (secondary N) is 1. The molecule has 0 amide bonds. The lowest BCUT2D eigenvalue weighted by atomic mass is 9.95. The zero-order valence-electron chi connectivity index (χ0n) is 12.4. The third kappa shape index (κ3) is 2.42. The van der Waals surface area contributed by atoms with E-state index < -0.39 is 0 Å². The summed E-state index contributed by atoms with van der Waals surface area (Å²) in [7, 11) is 0. The van der Waals surface area contributed by atoms with Crippen LogP contribution in [0.5, 0.6) is 0 Å². The lowest BCUT2D eigenvalue weighted by Crippen LogP contribution is -2.45. The van der Waals surface area contributed by atoms with Gasteiger partial charge < -0.3 is 9.84 Å². The molecule has 2 saturated heterocycles. The molecule has 2 fully saturated rings.